The molecule has 3 rings (SSSR count). The van der Waals surface area contributed by atoms with Gasteiger partial charge in [-0.1, -0.05) is 17.7 Å². The highest BCUT2D eigenvalue weighted by atomic mass is 35.5. The number of amides is 1. The van der Waals surface area contributed by atoms with Crippen molar-refractivity contribution in [2.75, 3.05) is 28.6 Å². The first-order valence-corrected chi connectivity index (χ1v) is 11.0. The van der Waals surface area contributed by atoms with Gasteiger partial charge in [-0.05, 0) is 69.2 Å². The molecule has 32 heavy (non-hydrogen) atoms. The van der Waals surface area contributed by atoms with Gasteiger partial charge in [-0.2, -0.15) is 0 Å². The summed E-state index contributed by atoms with van der Waals surface area (Å²) in [4.78, 5) is 23.4. The first-order chi connectivity index (χ1) is 15.4. The van der Waals surface area contributed by atoms with Crippen LogP contribution < -0.4 is 15.5 Å². The lowest BCUT2D eigenvalue weighted by atomic mass is 10.1. The molecule has 0 aliphatic rings. The van der Waals surface area contributed by atoms with Crippen LogP contribution in [0, 0.1) is 12.7 Å². The van der Waals surface area contributed by atoms with E-state index in [1.54, 1.807) is 12.1 Å². The molecule has 0 aliphatic carbocycles. The number of anilines is 4. The summed E-state index contributed by atoms with van der Waals surface area (Å²) in [7, 11) is 0. The van der Waals surface area contributed by atoms with Crippen LogP contribution >= 0.6 is 11.6 Å². The lowest BCUT2D eigenvalue weighted by Gasteiger charge is -2.20. The molecule has 0 saturated carbocycles. The van der Waals surface area contributed by atoms with Gasteiger partial charge in [-0.25, -0.2) is 14.4 Å². The average molecular weight is 456 g/mol. The molecule has 6 nitrogen and oxygen atoms in total. The molecular weight excluding hydrogens is 429 g/mol. The Morgan fingerprint density at radius 2 is 1.72 bits per heavy atom. The van der Waals surface area contributed by atoms with Crippen LogP contribution in [0.25, 0.3) is 0 Å². The molecule has 2 aromatic carbocycles. The SMILES string of the molecule is CCN(CC)c1cc(Nc2ccc(NC(=O)CCc3ccc(F)c(Cl)c3)cc2)nc(C)n1. The fraction of sp³-hybridized carbons (Fsp3) is 0.292. The summed E-state index contributed by atoms with van der Waals surface area (Å²) in [6.45, 7) is 7.80. The maximum atomic E-state index is 13.2. The van der Waals surface area contributed by atoms with Crippen LogP contribution in [0.1, 0.15) is 31.7 Å². The second-order valence-electron chi connectivity index (χ2n) is 7.33. The van der Waals surface area contributed by atoms with Gasteiger partial charge in [-0.3, -0.25) is 4.79 Å². The maximum Gasteiger partial charge on any atom is 0.224 e. The topological polar surface area (TPSA) is 70.2 Å². The summed E-state index contributed by atoms with van der Waals surface area (Å²) in [6, 6.07) is 13.8. The molecule has 0 aliphatic heterocycles. The molecule has 1 amide bonds. The van der Waals surface area contributed by atoms with Crippen LogP contribution in [0.15, 0.2) is 48.5 Å². The van der Waals surface area contributed by atoms with Crippen LogP contribution in [0.3, 0.4) is 0 Å². The lowest BCUT2D eigenvalue weighted by molar-refractivity contribution is -0.116. The number of nitrogens with zero attached hydrogens (tertiary/aromatic N) is 3. The number of carbonyl (C=O) groups excluding carboxylic acids is 1. The Kier molecular flexibility index (Phi) is 8.00. The van der Waals surface area contributed by atoms with E-state index in [0.717, 1.165) is 30.2 Å². The highest BCUT2D eigenvalue weighted by molar-refractivity contribution is 6.30. The Hall–Kier alpha value is -3.19. The Morgan fingerprint density at radius 3 is 2.38 bits per heavy atom. The van der Waals surface area contributed by atoms with Gasteiger partial charge >= 0.3 is 0 Å². The fourth-order valence-electron chi connectivity index (χ4n) is 3.29. The number of nitrogens with one attached hydrogen (secondary N) is 2. The molecule has 0 unspecified atom stereocenters. The molecule has 0 atom stereocenters. The van der Waals surface area contributed by atoms with Gasteiger partial charge in [0.15, 0.2) is 0 Å². The third kappa shape index (κ3) is 6.40. The van der Waals surface area contributed by atoms with Gasteiger partial charge in [0.1, 0.15) is 23.3 Å². The Balaban J connectivity index is 1.58. The zero-order valence-electron chi connectivity index (χ0n) is 18.5. The molecule has 0 radical (unpaired) electrons. The number of aromatic nitrogens is 2. The van der Waals surface area contributed by atoms with E-state index in [1.165, 1.54) is 6.07 Å². The molecular formula is C24H27ClFN5O. The lowest BCUT2D eigenvalue weighted by Crippen LogP contribution is -2.23. The molecule has 0 spiro atoms. The summed E-state index contributed by atoms with van der Waals surface area (Å²) in [6.07, 6.45) is 0.754. The van der Waals surface area contributed by atoms with Crippen LogP contribution in [0.4, 0.5) is 27.4 Å². The summed E-state index contributed by atoms with van der Waals surface area (Å²) in [5, 5.41) is 6.23. The third-order valence-electron chi connectivity index (χ3n) is 4.98. The molecule has 2 N–H and O–H groups in total. The predicted octanol–water partition coefficient (Wildman–Crippen LogP) is 5.74. The van der Waals surface area contributed by atoms with Gasteiger partial charge in [0.2, 0.25) is 5.91 Å². The van der Waals surface area contributed by atoms with Crippen LogP contribution in [0.5, 0.6) is 0 Å². The summed E-state index contributed by atoms with van der Waals surface area (Å²) >= 11 is 5.79. The number of carbonyl (C=O) groups is 1. The van der Waals surface area contributed by atoms with Crippen LogP contribution in [0.2, 0.25) is 5.02 Å². The summed E-state index contributed by atoms with van der Waals surface area (Å²) < 4.78 is 13.2. The van der Waals surface area contributed by atoms with E-state index in [-0.39, 0.29) is 17.4 Å². The van der Waals surface area contributed by atoms with E-state index in [0.29, 0.717) is 23.8 Å². The van der Waals surface area contributed by atoms with Crippen molar-refractivity contribution in [2.24, 2.45) is 0 Å². The minimum Gasteiger partial charge on any atom is -0.357 e. The number of aryl methyl sites for hydroxylation is 2. The van der Waals surface area contributed by atoms with Crippen molar-refractivity contribution in [3.63, 3.8) is 0 Å². The molecule has 1 heterocycles. The fourth-order valence-corrected chi connectivity index (χ4v) is 3.49. The smallest absolute Gasteiger partial charge is 0.224 e. The molecule has 0 saturated heterocycles. The van der Waals surface area contributed by atoms with E-state index in [1.807, 2.05) is 37.3 Å². The van der Waals surface area contributed by atoms with Crippen molar-refractivity contribution < 1.29 is 9.18 Å². The molecule has 168 valence electrons. The molecule has 3 aromatic rings. The number of hydrogen-bond donors (Lipinski definition) is 2. The summed E-state index contributed by atoms with van der Waals surface area (Å²) in [5.41, 5.74) is 2.36. The van der Waals surface area contributed by atoms with Crippen molar-refractivity contribution in [3.8, 4) is 0 Å². The average Bonchev–Trinajstić information content (AvgIpc) is 2.76. The van der Waals surface area contributed by atoms with Crippen molar-refractivity contribution in [1.29, 1.82) is 0 Å². The zero-order chi connectivity index (χ0) is 23.1. The van der Waals surface area contributed by atoms with Gasteiger partial charge in [-0.15, -0.1) is 0 Å². The molecule has 0 fully saturated rings. The monoisotopic (exact) mass is 455 g/mol. The Morgan fingerprint density at radius 1 is 1.03 bits per heavy atom. The van der Waals surface area contributed by atoms with Gasteiger partial charge in [0.25, 0.3) is 0 Å². The second kappa shape index (κ2) is 10.9. The quantitative estimate of drug-likeness (QED) is 0.430. The van der Waals surface area contributed by atoms with Gasteiger partial charge in [0.05, 0.1) is 5.02 Å². The minimum atomic E-state index is -0.463. The van der Waals surface area contributed by atoms with E-state index in [9.17, 15) is 9.18 Å². The Labute approximate surface area is 192 Å². The third-order valence-corrected chi connectivity index (χ3v) is 5.27. The van der Waals surface area contributed by atoms with Crippen LogP contribution in [-0.4, -0.2) is 29.0 Å². The second-order valence-corrected chi connectivity index (χ2v) is 7.74. The van der Waals surface area contributed by atoms with Crippen molar-refractivity contribution in [3.05, 3.63) is 70.8 Å². The Bertz CT molecular complexity index is 1070. The molecule has 0 bridgehead atoms. The zero-order valence-corrected chi connectivity index (χ0v) is 19.2. The van der Waals surface area contributed by atoms with Crippen molar-refractivity contribution in [1.82, 2.24) is 9.97 Å². The highest BCUT2D eigenvalue weighted by Crippen LogP contribution is 2.22. The first kappa shape index (κ1) is 23.5. The maximum absolute atomic E-state index is 13.2. The van der Waals surface area contributed by atoms with Crippen LogP contribution in [-0.2, 0) is 11.2 Å². The first-order valence-electron chi connectivity index (χ1n) is 10.6. The van der Waals surface area contributed by atoms with E-state index >= 15 is 0 Å². The molecule has 1 aromatic heterocycles. The number of hydrogen-bond acceptors (Lipinski definition) is 5. The number of rotatable bonds is 9. The van der Waals surface area contributed by atoms with E-state index in [4.69, 9.17) is 11.6 Å². The number of halogens is 2. The normalized spacial score (nSPS) is 10.7. The van der Waals surface area contributed by atoms with Gasteiger partial charge < -0.3 is 15.5 Å². The van der Waals surface area contributed by atoms with Gasteiger partial charge in [0, 0.05) is 37.0 Å². The summed E-state index contributed by atoms with van der Waals surface area (Å²) in [5.74, 6) is 1.71. The standard InChI is InChI=1S/C24H27ClFN5O/c1-4-31(5-2)23-15-22(27-16(3)28-23)29-18-8-10-19(11-9-18)30-24(32)13-7-17-6-12-21(26)20(25)14-17/h6,8-12,14-15H,4-5,7,13H2,1-3H3,(H,30,32)(H,27,28,29). The molecule has 8 heteroatoms. The predicted molar refractivity (Wildman–Crippen MR) is 128 cm³/mol. The largest absolute Gasteiger partial charge is 0.357 e. The van der Waals surface area contributed by atoms with Crippen molar-refractivity contribution >= 4 is 40.5 Å². The van der Waals surface area contributed by atoms with Crippen molar-refractivity contribution in [2.45, 2.75) is 33.6 Å². The highest BCUT2D eigenvalue weighted by Gasteiger charge is 2.09. The van der Waals surface area contributed by atoms with E-state index < -0.39 is 5.82 Å². The van der Waals surface area contributed by atoms with E-state index in [2.05, 4.69) is 39.3 Å². The minimum absolute atomic E-state index is 0.0640. The number of benzene rings is 2.